The summed E-state index contributed by atoms with van der Waals surface area (Å²) in [5.74, 6) is 0. The Morgan fingerprint density at radius 3 is 1.79 bits per heavy atom. The smallest absolute Gasteiger partial charge is 0.0948 e. The van der Waals surface area contributed by atoms with Crippen molar-refractivity contribution >= 4 is 29.5 Å². The van der Waals surface area contributed by atoms with E-state index < -0.39 is 18.9 Å². The molecule has 0 unspecified atom stereocenters. The van der Waals surface area contributed by atoms with E-state index in [0.29, 0.717) is 0 Å². The summed E-state index contributed by atoms with van der Waals surface area (Å²) in [5.41, 5.74) is 0.840. The summed E-state index contributed by atoms with van der Waals surface area (Å²) in [5, 5.41) is 2.60. The number of rotatable bonds is 7. The number of nitrogens with one attached hydrogen (secondary N) is 1. The summed E-state index contributed by atoms with van der Waals surface area (Å²) in [4.78, 5) is 0. The van der Waals surface area contributed by atoms with Crippen LogP contribution in [0.2, 0.25) is 0 Å². The molecule has 2 nitrogen and oxygen atoms in total. The van der Waals surface area contributed by atoms with Crippen molar-refractivity contribution in [1.29, 1.82) is 0 Å². The van der Waals surface area contributed by atoms with Gasteiger partial charge in [-0.25, -0.2) is 4.21 Å². The van der Waals surface area contributed by atoms with Crippen LogP contribution in [0.3, 0.4) is 0 Å². The second kappa shape index (κ2) is 13.8. The summed E-state index contributed by atoms with van der Waals surface area (Å²) >= 11 is 0. The van der Waals surface area contributed by atoms with Crippen molar-refractivity contribution in [2.45, 2.75) is 31.6 Å². The van der Waals surface area contributed by atoms with Gasteiger partial charge >= 0.3 is 0 Å². The summed E-state index contributed by atoms with van der Waals surface area (Å²) < 4.78 is 15.8. The maximum atomic E-state index is 12.8. The van der Waals surface area contributed by atoms with Gasteiger partial charge in [0.25, 0.3) is 0 Å². The first-order valence-electron chi connectivity index (χ1n) is 10.2. The van der Waals surface area contributed by atoms with E-state index in [0.717, 1.165) is 11.7 Å². The molecule has 0 aliphatic carbocycles. The fourth-order valence-corrected chi connectivity index (χ4v) is 6.19. The van der Waals surface area contributed by atoms with Gasteiger partial charge in [-0.05, 0) is 45.5 Å². The van der Waals surface area contributed by atoms with Gasteiger partial charge in [-0.2, -0.15) is 0 Å². The third kappa shape index (κ3) is 8.81. The quantitative estimate of drug-likeness (QED) is 0.223. The van der Waals surface area contributed by atoms with Gasteiger partial charge in [0.1, 0.15) is 0 Å². The first-order valence-corrected chi connectivity index (χ1v) is 12.9. The van der Waals surface area contributed by atoms with E-state index in [2.05, 4.69) is 102 Å². The molecule has 0 heterocycles. The zero-order valence-electron chi connectivity index (χ0n) is 18.8. The molecule has 5 heteroatoms. The number of hydrogen-bond acceptors (Lipinski definition) is 1. The van der Waals surface area contributed by atoms with E-state index in [1.807, 2.05) is 32.9 Å². The second-order valence-electron chi connectivity index (χ2n) is 7.93. The van der Waals surface area contributed by atoms with Crippen LogP contribution in [0.4, 0.5) is 0 Å². The molecule has 0 aromatic heterocycles. The molecule has 0 spiro atoms. The van der Waals surface area contributed by atoms with Crippen LogP contribution in [-0.4, -0.2) is 15.1 Å². The maximum Gasteiger partial charge on any atom is 0.0948 e. The first kappa shape index (κ1) is 27.4. The Balaban J connectivity index is 0.000000568. The van der Waals surface area contributed by atoms with Crippen LogP contribution in [0, 0.1) is 48.5 Å². The van der Waals surface area contributed by atoms with Crippen molar-refractivity contribution < 1.29 is 21.3 Å². The van der Waals surface area contributed by atoms with Crippen molar-refractivity contribution in [2.24, 2.45) is 0 Å². The SMILES string of the molecule is CC(C)(C)[S@@](=O)N[C@@H](CP(c1ccccc1)c1ccccc1)[c-]1[c-][c-][c-][c-]1.[Fe].[c-]1[c-][c-][cH-][c-]1. The zero-order valence-corrected chi connectivity index (χ0v) is 21.6. The minimum absolute atomic E-state index is 0. The minimum atomic E-state index is -1.19. The van der Waals surface area contributed by atoms with E-state index in [1.54, 1.807) is 6.07 Å². The molecule has 176 valence electrons. The standard InChI is InChI=1S/C23H23NOPS.C5H.Fe/c1-23(2,3)27(25)24-22(19-12-10-11-13-19)18-26(20-14-6-4-7-15-20)21-16-8-5-9-17-21;1-2-4-5-3-1;/h4-9,14-17,22,24H,18H2,1-3H3;1H;/q2*-5;/t22-,27+;;/m0../s1. The topological polar surface area (TPSA) is 29.1 Å². The molecule has 0 aliphatic heterocycles. The minimum Gasteiger partial charge on any atom is -0.999 e. The van der Waals surface area contributed by atoms with Crippen LogP contribution >= 0.6 is 7.92 Å². The first-order chi connectivity index (χ1) is 15.4. The second-order valence-corrected chi connectivity index (χ2v) is 12.2. The number of hydrogen-bond donors (Lipinski definition) is 1. The predicted octanol–water partition coefficient (Wildman–Crippen LogP) is 4.44. The third-order valence-electron chi connectivity index (χ3n) is 4.46. The monoisotopic (exact) mass is 509 g/mol. The maximum absolute atomic E-state index is 12.8. The third-order valence-corrected chi connectivity index (χ3v) is 8.65. The van der Waals surface area contributed by atoms with Crippen LogP contribution in [0.1, 0.15) is 32.4 Å². The summed E-state index contributed by atoms with van der Waals surface area (Å²) in [7, 11) is -1.81. The molecule has 2 atom stereocenters. The van der Waals surface area contributed by atoms with Crippen LogP contribution in [0.15, 0.2) is 66.7 Å². The Hall–Kier alpha value is -1.80. The van der Waals surface area contributed by atoms with E-state index >= 15 is 0 Å². The molecular weight excluding hydrogens is 485 g/mol. The van der Waals surface area contributed by atoms with Crippen LogP contribution in [0.25, 0.3) is 0 Å². The van der Waals surface area contributed by atoms with Crippen molar-refractivity contribution in [1.82, 2.24) is 4.72 Å². The van der Waals surface area contributed by atoms with Crippen molar-refractivity contribution in [3.8, 4) is 0 Å². The Labute approximate surface area is 213 Å². The van der Waals surface area contributed by atoms with Crippen molar-refractivity contribution in [3.05, 3.63) is 121 Å². The van der Waals surface area contributed by atoms with Gasteiger partial charge in [0.15, 0.2) is 0 Å². The van der Waals surface area contributed by atoms with Crippen LogP contribution in [-0.2, 0) is 28.1 Å². The van der Waals surface area contributed by atoms with E-state index in [-0.39, 0.29) is 27.9 Å². The largest absolute Gasteiger partial charge is 0.999 e. The van der Waals surface area contributed by atoms with Gasteiger partial charge in [-0.1, -0.05) is 60.7 Å². The average Bonchev–Trinajstić information content (AvgIpc) is 3.54. The van der Waals surface area contributed by atoms with Gasteiger partial charge in [0, 0.05) is 17.1 Å². The van der Waals surface area contributed by atoms with Crippen molar-refractivity contribution in [3.63, 3.8) is 0 Å². The molecule has 1 N–H and O–H groups in total. The molecule has 0 bridgehead atoms. The molecule has 4 aromatic carbocycles. The molecule has 33 heavy (non-hydrogen) atoms. The molecule has 0 aliphatic rings. The van der Waals surface area contributed by atoms with Gasteiger partial charge in [0.2, 0.25) is 0 Å². The van der Waals surface area contributed by atoms with E-state index in [1.165, 1.54) is 10.6 Å². The van der Waals surface area contributed by atoms with Gasteiger partial charge in [0.05, 0.1) is 15.7 Å². The molecule has 0 saturated carbocycles. The van der Waals surface area contributed by atoms with Crippen molar-refractivity contribution in [2.75, 3.05) is 6.16 Å². The van der Waals surface area contributed by atoms with Gasteiger partial charge in [-0.3, -0.25) is 4.72 Å². The zero-order chi connectivity index (χ0) is 22.8. The normalized spacial score (nSPS) is 12.8. The summed E-state index contributed by atoms with van der Waals surface area (Å²) in [6.07, 6.45) is 0.809. The Morgan fingerprint density at radius 2 is 1.39 bits per heavy atom. The molecule has 0 fully saturated rings. The Kier molecular flexibility index (Phi) is 11.5. The summed E-state index contributed by atoms with van der Waals surface area (Å²) in [6, 6.07) is 44.8. The van der Waals surface area contributed by atoms with Gasteiger partial charge in [-0.15, -0.1) is 6.04 Å². The van der Waals surface area contributed by atoms with E-state index in [9.17, 15) is 4.21 Å². The van der Waals surface area contributed by atoms with E-state index in [4.69, 9.17) is 0 Å². The molecular formula is C28H24FeNOPS-10. The molecule has 4 rings (SSSR count). The predicted molar refractivity (Wildman–Crippen MR) is 132 cm³/mol. The summed E-state index contributed by atoms with van der Waals surface area (Å²) in [6.45, 7) is 5.92. The molecule has 4 aromatic rings. The number of benzene rings is 2. The fourth-order valence-electron chi connectivity index (χ4n) is 2.83. The molecule has 0 saturated heterocycles. The average molecular weight is 509 g/mol. The fraction of sp³-hybridized carbons (Fsp3) is 0.214. The van der Waals surface area contributed by atoms with Crippen LogP contribution < -0.4 is 15.3 Å². The molecule has 0 amide bonds. The Bertz CT molecular complexity index is 972. The molecule has 0 radical (unpaired) electrons. The van der Waals surface area contributed by atoms with Gasteiger partial charge < -0.3 is 60.2 Å². The van der Waals surface area contributed by atoms with Crippen LogP contribution in [0.5, 0.6) is 0 Å². The Morgan fingerprint density at radius 1 is 0.909 bits per heavy atom.